The molecule has 0 aliphatic heterocycles. The molecule has 0 bridgehead atoms. The van der Waals surface area contributed by atoms with Crippen molar-refractivity contribution < 1.29 is 4.79 Å². The van der Waals surface area contributed by atoms with Crippen molar-refractivity contribution in [1.29, 1.82) is 0 Å². The summed E-state index contributed by atoms with van der Waals surface area (Å²) in [6.45, 7) is 5.39. The Morgan fingerprint density at radius 1 is 1.21 bits per heavy atom. The Morgan fingerprint density at radius 3 is 2.00 bits per heavy atom. The number of carbonyl (C=O) groups is 1. The molecule has 1 saturated carbocycles. The molecule has 19 heavy (non-hydrogen) atoms. The van der Waals surface area contributed by atoms with Crippen LogP contribution in [0.4, 0.5) is 0 Å². The maximum absolute atomic E-state index is 12.7. The average Bonchev–Trinajstić information content (AvgIpc) is 2.35. The summed E-state index contributed by atoms with van der Waals surface area (Å²) in [5, 5.41) is 0. The second kappa shape index (κ2) is 6.23. The van der Waals surface area contributed by atoms with Crippen LogP contribution in [0.2, 0.25) is 0 Å². The number of likely N-dealkylation sites (N-methyl/N-ethyl adjacent to an activating group) is 2. The second-order valence-corrected chi connectivity index (χ2v) is 6.33. The molecular formula is C15H31N3O. The van der Waals surface area contributed by atoms with Crippen molar-refractivity contribution in [3.63, 3.8) is 0 Å². The van der Waals surface area contributed by atoms with Crippen LogP contribution in [0, 0.1) is 5.41 Å². The van der Waals surface area contributed by atoms with Gasteiger partial charge in [0.1, 0.15) is 0 Å². The molecule has 1 fully saturated rings. The van der Waals surface area contributed by atoms with E-state index in [1.165, 1.54) is 19.3 Å². The SMILES string of the molecule is CCC(CC)(CN)C(=O)N(C)CC1(N(C)C)CCC1. The van der Waals surface area contributed by atoms with E-state index in [0.717, 1.165) is 19.4 Å². The minimum atomic E-state index is -0.369. The number of hydrogen-bond acceptors (Lipinski definition) is 3. The van der Waals surface area contributed by atoms with Gasteiger partial charge < -0.3 is 15.5 Å². The third kappa shape index (κ3) is 2.95. The number of hydrogen-bond donors (Lipinski definition) is 1. The molecule has 1 rings (SSSR count). The summed E-state index contributed by atoms with van der Waals surface area (Å²) in [5.74, 6) is 0.216. The lowest BCUT2D eigenvalue weighted by Gasteiger charge is -2.50. The van der Waals surface area contributed by atoms with Crippen LogP contribution in [0.15, 0.2) is 0 Å². The van der Waals surface area contributed by atoms with Gasteiger partial charge in [-0.3, -0.25) is 4.79 Å². The van der Waals surface area contributed by atoms with Crippen LogP contribution in [0.1, 0.15) is 46.0 Å². The number of nitrogens with two attached hydrogens (primary N) is 1. The fourth-order valence-electron chi connectivity index (χ4n) is 3.18. The number of amides is 1. The van der Waals surface area contributed by atoms with Crippen molar-refractivity contribution in [2.75, 3.05) is 34.2 Å². The highest BCUT2D eigenvalue weighted by Crippen LogP contribution is 2.37. The normalized spacial score (nSPS) is 18.3. The molecule has 2 N–H and O–H groups in total. The lowest BCUT2D eigenvalue weighted by Crippen LogP contribution is -2.59. The van der Waals surface area contributed by atoms with Gasteiger partial charge in [-0.15, -0.1) is 0 Å². The molecule has 0 unspecified atom stereocenters. The zero-order valence-electron chi connectivity index (χ0n) is 13.3. The van der Waals surface area contributed by atoms with E-state index >= 15 is 0 Å². The summed E-state index contributed by atoms with van der Waals surface area (Å²) in [6.07, 6.45) is 5.27. The van der Waals surface area contributed by atoms with Gasteiger partial charge in [0.2, 0.25) is 5.91 Å². The Hall–Kier alpha value is -0.610. The minimum absolute atomic E-state index is 0.187. The van der Waals surface area contributed by atoms with Crippen LogP contribution in [0.25, 0.3) is 0 Å². The van der Waals surface area contributed by atoms with Crippen LogP contribution >= 0.6 is 0 Å². The molecule has 0 aromatic carbocycles. The Balaban J connectivity index is 2.77. The maximum atomic E-state index is 12.7. The first kappa shape index (κ1) is 16.4. The Morgan fingerprint density at radius 2 is 1.74 bits per heavy atom. The van der Waals surface area contributed by atoms with Gasteiger partial charge in [0.15, 0.2) is 0 Å². The number of nitrogens with zero attached hydrogens (tertiary/aromatic N) is 2. The second-order valence-electron chi connectivity index (χ2n) is 6.33. The molecule has 0 aromatic rings. The monoisotopic (exact) mass is 269 g/mol. The Bertz CT molecular complexity index is 298. The molecule has 4 nitrogen and oxygen atoms in total. The molecule has 0 atom stereocenters. The number of carbonyl (C=O) groups excluding carboxylic acids is 1. The summed E-state index contributed by atoms with van der Waals surface area (Å²) >= 11 is 0. The molecule has 1 aliphatic rings. The molecule has 1 amide bonds. The van der Waals surface area contributed by atoms with Gasteiger partial charge >= 0.3 is 0 Å². The van der Waals surface area contributed by atoms with E-state index in [-0.39, 0.29) is 16.9 Å². The van der Waals surface area contributed by atoms with Crippen molar-refractivity contribution in [2.24, 2.45) is 11.1 Å². The van der Waals surface area contributed by atoms with Crippen molar-refractivity contribution in [1.82, 2.24) is 9.80 Å². The van der Waals surface area contributed by atoms with Crippen LogP contribution in [0.3, 0.4) is 0 Å². The van der Waals surface area contributed by atoms with E-state index in [9.17, 15) is 4.79 Å². The Kier molecular flexibility index (Phi) is 5.39. The van der Waals surface area contributed by atoms with Crippen LogP contribution in [0.5, 0.6) is 0 Å². The summed E-state index contributed by atoms with van der Waals surface area (Å²) in [7, 11) is 6.17. The fourth-order valence-corrected chi connectivity index (χ4v) is 3.18. The van der Waals surface area contributed by atoms with Gasteiger partial charge in [0, 0.05) is 25.7 Å². The highest BCUT2D eigenvalue weighted by atomic mass is 16.2. The number of rotatable bonds is 7. The summed E-state index contributed by atoms with van der Waals surface area (Å²) in [6, 6.07) is 0. The smallest absolute Gasteiger partial charge is 0.229 e. The fraction of sp³-hybridized carbons (Fsp3) is 0.933. The highest BCUT2D eigenvalue weighted by molar-refractivity contribution is 5.82. The van der Waals surface area contributed by atoms with Crippen molar-refractivity contribution in [3.05, 3.63) is 0 Å². The predicted molar refractivity (Wildman–Crippen MR) is 80.0 cm³/mol. The molecule has 0 radical (unpaired) electrons. The average molecular weight is 269 g/mol. The summed E-state index contributed by atoms with van der Waals surface area (Å²) in [4.78, 5) is 16.9. The van der Waals surface area contributed by atoms with Crippen LogP contribution in [-0.4, -0.2) is 55.5 Å². The maximum Gasteiger partial charge on any atom is 0.229 e. The van der Waals surface area contributed by atoms with Crippen LogP contribution < -0.4 is 5.73 Å². The highest BCUT2D eigenvalue weighted by Gasteiger charge is 2.43. The molecule has 4 heteroatoms. The molecular weight excluding hydrogens is 238 g/mol. The minimum Gasteiger partial charge on any atom is -0.343 e. The van der Waals surface area contributed by atoms with E-state index in [0.29, 0.717) is 6.54 Å². The van der Waals surface area contributed by atoms with Crippen molar-refractivity contribution in [3.8, 4) is 0 Å². The molecule has 0 saturated heterocycles. The molecule has 0 heterocycles. The van der Waals surface area contributed by atoms with Crippen molar-refractivity contribution in [2.45, 2.75) is 51.5 Å². The Labute approximate surface area is 118 Å². The third-order valence-electron chi connectivity index (χ3n) is 5.31. The zero-order chi connectivity index (χ0) is 14.7. The topological polar surface area (TPSA) is 49.6 Å². The zero-order valence-corrected chi connectivity index (χ0v) is 13.3. The van der Waals surface area contributed by atoms with Gasteiger partial charge in [-0.2, -0.15) is 0 Å². The third-order valence-corrected chi connectivity index (χ3v) is 5.31. The first-order valence-corrected chi connectivity index (χ1v) is 7.50. The van der Waals surface area contributed by atoms with Gasteiger partial charge in [-0.1, -0.05) is 13.8 Å². The van der Waals surface area contributed by atoms with Crippen LogP contribution in [-0.2, 0) is 4.79 Å². The standard InChI is InChI=1S/C15H31N3O/c1-6-14(7-2,11-16)13(19)18(5)12-15(17(3)4)9-8-10-15/h6-12,16H2,1-5H3. The quantitative estimate of drug-likeness (QED) is 0.765. The van der Waals surface area contributed by atoms with Gasteiger partial charge in [-0.25, -0.2) is 0 Å². The van der Waals surface area contributed by atoms with Gasteiger partial charge in [0.05, 0.1) is 5.41 Å². The van der Waals surface area contributed by atoms with E-state index < -0.39 is 0 Å². The van der Waals surface area contributed by atoms with E-state index in [4.69, 9.17) is 5.73 Å². The summed E-state index contributed by atoms with van der Waals surface area (Å²) in [5.41, 5.74) is 5.70. The molecule has 0 spiro atoms. The van der Waals surface area contributed by atoms with E-state index in [2.05, 4.69) is 32.8 Å². The van der Waals surface area contributed by atoms with E-state index in [1.54, 1.807) is 0 Å². The largest absolute Gasteiger partial charge is 0.343 e. The molecule has 1 aliphatic carbocycles. The van der Waals surface area contributed by atoms with Gasteiger partial charge in [-0.05, 0) is 46.2 Å². The lowest BCUT2D eigenvalue weighted by molar-refractivity contribution is -0.143. The van der Waals surface area contributed by atoms with Crippen molar-refractivity contribution >= 4 is 5.91 Å². The van der Waals surface area contributed by atoms with Gasteiger partial charge in [0.25, 0.3) is 0 Å². The molecule has 0 aromatic heterocycles. The van der Waals surface area contributed by atoms with E-state index in [1.807, 2.05) is 11.9 Å². The first-order chi connectivity index (χ1) is 8.87. The lowest BCUT2D eigenvalue weighted by atomic mass is 9.74. The first-order valence-electron chi connectivity index (χ1n) is 7.50. The molecule has 112 valence electrons. The summed E-state index contributed by atoms with van der Waals surface area (Å²) < 4.78 is 0. The predicted octanol–water partition coefficient (Wildman–Crippen LogP) is 1.69.